The molecule has 1 atom stereocenters. The van der Waals surface area contributed by atoms with Crippen molar-refractivity contribution in [1.82, 2.24) is 4.98 Å². The molecule has 3 nitrogen and oxygen atoms in total. The molecule has 1 unspecified atom stereocenters. The molecule has 0 bridgehead atoms. The van der Waals surface area contributed by atoms with Crippen molar-refractivity contribution in [3.63, 3.8) is 0 Å². The lowest BCUT2D eigenvalue weighted by Gasteiger charge is -2.38. The van der Waals surface area contributed by atoms with Crippen molar-refractivity contribution in [2.45, 2.75) is 51.9 Å². The summed E-state index contributed by atoms with van der Waals surface area (Å²) >= 11 is 0. The summed E-state index contributed by atoms with van der Waals surface area (Å²) in [6, 6.07) is 3.08. The molecule has 0 aliphatic heterocycles. The van der Waals surface area contributed by atoms with Crippen LogP contribution in [0.4, 0.5) is 4.39 Å². The van der Waals surface area contributed by atoms with E-state index in [1.54, 1.807) is 18.5 Å². The fraction of sp³-hybridized carbons (Fsp3) is 0.444. The Labute approximate surface area is 138 Å². The van der Waals surface area contributed by atoms with E-state index in [2.05, 4.69) is 38.8 Å². The van der Waals surface area contributed by atoms with Crippen LogP contribution in [-0.2, 0) is 4.43 Å². The third-order valence-electron chi connectivity index (χ3n) is 4.80. The Kier molecular flexibility index (Phi) is 4.73. The highest BCUT2D eigenvalue weighted by Gasteiger charge is 2.39. The van der Waals surface area contributed by atoms with Crippen LogP contribution >= 0.6 is 0 Å². The zero-order valence-corrected chi connectivity index (χ0v) is 15.6. The first-order valence-electron chi connectivity index (χ1n) is 7.77. The van der Waals surface area contributed by atoms with Gasteiger partial charge in [0.05, 0.1) is 11.7 Å². The zero-order chi connectivity index (χ0) is 17.4. The Morgan fingerprint density at radius 3 is 2.52 bits per heavy atom. The van der Waals surface area contributed by atoms with Gasteiger partial charge in [0.1, 0.15) is 5.82 Å². The lowest BCUT2D eigenvalue weighted by molar-refractivity contribution is 0.112. The Morgan fingerprint density at radius 1 is 1.30 bits per heavy atom. The van der Waals surface area contributed by atoms with E-state index in [0.717, 1.165) is 10.9 Å². The lowest BCUT2D eigenvalue weighted by Crippen LogP contribution is -2.41. The molecular formula is C18H24FNO2Si. The third-order valence-corrected chi connectivity index (χ3v) is 9.35. The third kappa shape index (κ3) is 3.35. The number of fused-ring (bicyclic) bond motifs is 1. The molecule has 1 aromatic carbocycles. The Balaban J connectivity index is 2.54. The van der Waals surface area contributed by atoms with Gasteiger partial charge >= 0.3 is 0 Å². The van der Waals surface area contributed by atoms with E-state index in [9.17, 15) is 9.18 Å². The molecule has 124 valence electrons. The van der Waals surface area contributed by atoms with Crippen molar-refractivity contribution in [2.24, 2.45) is 0 Å². The van der Waals surface area contributed by atoms with Crippen molar-refractivity contribution in [2.75, 3.05) is 0 Å². The van der Waals surface area contributed by atoms with E-state index >= 15 is 0 Å². The quantitative estimate of drug-likeness (QED) is 0.565. The molecule has 0 aliphatic carbocycles. The average molecular weight is 333 g/mol. The predicted molar refractivity (Wildman–Crippen MR) is 93.8 cm³/mol. The van der Waals surface area contributed by atoms with E-state index in [1.807, 2.05) is 6.92 Å². The van der Waals surface area contributed by atoms with E-state index in [-0.39, 0.29) is 16.7 Å². The summed E-state index contributed by atoms with van der Waals surface area (Å²) in [7, 11) is -1.99. The van der Waals surface area contributed by atoms with E-state index < -0.39 is 14.1 Å². The summed E-state index contributed by atoms with van der Waals surface area (Å²) in [5.74, 6) is -0.514. The highest BCUT2D eigenvalue weighted by Crippen LogP contribution is 2.40. The summed E-state index contributed by atoms with van der Waals surface area (Å²) in [6.45, 7) is 12.8. The van der Waals surface area contributed by atoms with Crippen LogP contribution in [-0.4, -0.2) is 19.6 Å². The van der Waals surface area contributed by atoms with Gasteiger partial charge in [0.25, 0.3) is 0 Å². The maximum absolute atomic E-state index is 14.3. The van der Waals surface area contributed by atoms with Gasteiger partial charge in [-0.15, -0.1) is 0 Å². The number of hydrogen-bond donors (Lipinski definition) is 0. The van der Waals surface area contributed by atoms with Crippen molar-refractivity contribution >= 4 is 25.4 Å². The largest absolute Gasteiger partial charge is 0.410 e. The van der Waals surface area contributed by atoms with Crippen LogP contribution in [0.3, 0.4) is 0 Å². The number of carbonyl (C=O) groups excluding carboxylic acids is 1. The van der Waals surface area contributed by atoms with E-state index in [4.69, 9.17) is 4.43 Å². The first-order chi connectivity index (χ1) is 10.6. The van der Waals surface area contributed by atoms with E-state index in [1.165, 1.54) is 6.07 Å². The first kappa shape index (κ1) is 17.8. The van der Waals surface area contributed by atoms with Crippen molar-refractivity contribution < 1.29 is 13.6 Å². The van der Waals surface area contributed by atoms with Crippen molar-refractivity contribution in [3.8, 4) is 0 Å². The van der Waals surface area contributed by atoms with Crippen molar-refractivity contribution in [1.29, 1.82) is 0 Å². The molecule has 0 saturated heterocycles. The van der Waals surface area contributed by atoms with E-state index in [0.29, 0.717) is 11.7 Å². The fourth-order valence-corrected chi connectivity index (χ4v) is 3.78. The number of halogens is 1. The minimum Gasteiger partial charge on any atom is -0.410 e. The number of hydrogen-bond acceptors (Lipinski definition) is 3. The molecule has 0 spiro atoms. The molecule has 2 rings (SSSR count). The Hall–Kier alpha value is -1.59. The Bertz CT molecular complexity index is 738. The first-order valence-corrected chi connectivity index (χ1v) is 10.7. The highest BCUT2D eigenvalue weighted by molar-refractivity contribution is 6.74. The molecule has 1 aromatic heterocycles. The number of aromatic nitrogens is 1. The fourth-order valence-electron chi connectivity index (χ4n) is 2.42. The standard InChI is InChI=1S/C18H24FNO2Si/c1-12(22-23(5,6)18(2,3)4)14-9-17(19)16(11-21)13-7-8-20-10-15(13)14/h7-12H,1-6H3. The lowest BCUT2D eigenvalue weighted by atomic mass is 9.98. The van der Waals surface area contributed by atoms with Crippen molar-refractivity contribution in [3.05, 3.63) is 41.5 Å². The van der Waals surface area contributed by atoms with Gasteiger partial charge in [-0.25, -0.2) is 4.39 Å². The van der Waals surface area contributed by atoms with Gasteiger partial charge in [0, 0.05) is 17.8 Å². The molecule has 0 fully saturated rings. The SMILES string of the molecule is CC(O[Si](C)(C)C(C)(C)C)c1cc(F)c(C=O)c2ccncc12. The topological polar surface area (TPSA) is 39.2 Å². The molecule has 1 heterocycles. The molecule has 0 radical (unpaired) electrons. The summed E-state index contributed by atoms with van der Waals surface area (Å²) in [4.78, 5) is 15.3. The maximum atomic E-state index is 14.3. The second-order valence-electron chi connectivity index (χ2n) is 7.42. The van der Waals surface area contributed by atoms with Gasteiger partial charge in [-0.1, -0.05) is 20.8 Å². The molecule has 0 amide bonds. The van der Waals surface area contributed by atoms with Gasteiger partial charge in [0.15, 0.2) is 14.6 Å². The van der Waals surface area contributed by atoms with Gasteiger partial charge in [-0.3, -0.25) is 9.78 Å². The minimum absolute atomic E-state index is 0.0661. The van der Waals surface area contributed by atoms with Gasteiger partial charge in [0.2, 0.25) is 0 Å². The van der Waals surface area contributed by atoms with Gasteiger partial charge in [-0.2, -0.15) is 0 Å². The minimum atomic E-state index is -1.99. The summed E-state index contributed by atoms with van der Waals surface area (Å²) in [5.41, 5.74) is 0.812. The highest BCUT2D eigenvalue weighted by atomic mass is 28.4. The van der Waals surface area contributed by atoms with Crippen LogP contribution in [0.2, 0.25) is 18.1 Å². The Morgan fingerprint density at radius 2 is 1.96 bits per heavy atom. The monoisotopic (exact) mass is 333 g/mol. The number of rotatable bonds is 4. The average Bonchev–Trinajstić information content (AvgIpc) is 2.44. The summed E-state index contributed by atoms with van der Waals surface area (Å²) < 4.78 is 20.7. The summed E-state index contributed by atoms with van der Waals surface area (Å²) in [6.07, 6.45) is 3.53. The molecule has 23 heavy (non-hydrogen) atoms. The zero-order valence-electron chi connectivity index (χ0n) is 14.6. The predicted octanol–water partition coefficient (Wildman–Crippen LogP) is 5.27. The molecule has 0 aliphatic rings. The molecule has 0 saturated carbocycles. The van der Waals surface area contributed by atoms with Crippen LogP contribution in [0, 0.1) is 5.82 Å². The molecule has 5 heteroatoms. The second kappa shape index (κ2) is 6.13. The smallest absolute Gasteiger partial charge is 0.192 e. The summed E-state index contributed by atoms with van der Waals surface area (Å²) in [5, 5.41) is 1.41. The number of benzene rings is 1. The van der Waals surface area contributed by atoms with Crippen LogP contribution in [0.5, 0.6) is 0 Å². The normalized spacial score (nSPS) is 14.0. The van der Waals surface area contributed by atoms with Gasteiger partial charge < -0.3 is 4.43 Å². The number of carbonyl (C=O) groups is 1. The van der Waals surface area contributed by atoms with Crippen LogP contribution in [0.15, 0.2) is 24.5 Å². The second-order valence-corrected chi connectivity index (χ2v) is 12.2. The van der Waals surface area contributed by atoms with Gasteiger partial charge in [-0.05, 0) is 48.1 Å². The van der Waals surface area contributed by atoms with Crippen LogP contribution in [0.25, 0.3) is 10.8 Å². The van der Waals surface area contributed by atoms with Crippen LogP contribution in [0.1, 0.15) is 49.7 Å². The molecule has 0 N–H and O–H groups in total. The number of nitrogens with zero attached hydrogens (tertiary/aromatic N) is 1. The number of pyridine rings is 1. The number of aldehydes is 1. The molecule has 2 aromatic rings. The van der Waals surface area contributed by atoms with Crippen LogP contribution < -0.4 is 0 Å². The maximum Gasteiger partial charge on any atom is 0.192 e. The molecular weight excluding hydrogens is 309 g/mol.